The summed E-state index contributed by atoms with van der Waals surface area (Å²) in [5, 5.41) is 18.9. The van der Waals surface area contributed by atoms with E-state index in [1.807, 2.05) is 6.92 Å². The van der Waals surface area contributed by atoms with Gasteiger partial charge in [-0.1, -0.05) is 19.1 Å². The Balaban J connectivity index is 1.93. The van der Waals surface area contributed by atoms with Gasteiger partial charge >= 0.3 is 0 Å². The normalized spacial score (nSPS) is 24.4. The number of likely N-dealkylation sites (tertiary alicyclic amines) is 1. The molecule has 110 valence electrons. The van der Waals surface area contributed by atoms with E-state index in [0.717, 1.165) is 5.56 Å². The third-order valence-electron chi connectivity index (χ3n) is 3.88. The molecule has 2 rings (SSSR count). The fraction of sp³-hybridized carbons (Fsp3) is 0.533. The maximum Gasteiger partial charge on any atom is 0.239 e. The van der Waals surface area contributed by atoms with Gasteiger partial charge in [-0.05, 0) is 36.5 Å². The molecule has 5 heteroatoms. The Morgan fingerprint density at radius 3 is 2.70 bits per heavy atom. The van der Waals surface area contributed by atoms with Crippen molar-refractivity contribution < 1.29 is 15.0 Å². The van der Waals surface area contributed by atoms with E-state index in [1.165, 1.54) is 0 Å². The summed E-state index contributed by atoms with van der Waals surface area (Å²) < 4.78 is 0. The average Bonchev–Trinajstić information content (AvgIpc) is 2.43. The number of phenolic OH excluding ortho intramolecular Hbond substituents is 1. The lowest BCUT2D eigenvalue weighted by molar-refractivity contribution is -0.136. The van der Waals surface area contributed by atoms with Gasteiger partial charge in [0.1, 0.15) is 5.75 Å². The zero-order valence-corrected chi connectivity index (χ0v) is 11.7. The summed E-state index contributed by atoms with van der Waals surface area (Å²) in [6.45, 7) is 3.06. The Morgan fingerprint density at radius 2 is 2.10 bits per heavy atom. The summed E-state index contributed by atoms with van der Waals surface area (Å²) >= 11 is 0. The molecule has 1 saturated heterocycles. The molecule has 4 N–H and O–H groups in total. The summed E-state index contributed by atoms with van der Waals surface area (Å²) in [4.78, 5) is 14.0. The number of aromatic hydroxyl groups is 1. The topological polar surface area (TPSA) is 86.8 Å². The predicted molar refractivity (Wildman–Crippen MR) is 76.2 cm³/mol. The number of phenols is 1. The second kappa shape index (κ2) is 6.24. The van der Waals surface area contributed by atoms with Crippen LogP contribution in [0.1, 0.15) is 18.9 Å². The molecule has 1 aromatic rings. The van der Waals surface area contributed by atoms with Crippen LogP contribution < -0.4 is 5.73 Å². The van der Waals surface area contributed by atoms with Gasteiger partial charge in [0, 0.05) is 13.1 Å². The van der Waals surface area contributed by atoms with E-state index < -0.39 is 6.04 Å². The van der Waals surface area contributed by atoms with Crippen molar-refractivity contribution in [2.24, 2.45) is 11.7 Å². The van der Waals surface area contributed by atoms with E-state index in [9.17, 15) is 15.0 Å². The van der Waals surface area contributed by atoms with Gasteiger partial charge in [-0.25, -0.2) is 0 Å². The first-order valence-electron chi connectivity index (χ1n) is 6.97. The monoisotopic (exact) mass is 278 g/mol. The average molecular weight is 278 g/mol. The second-order valence-corrected chi connectivity index (χ2v) is 5.59. The minimum Gasteiger partial charge on any atom is -0.508 e. The number of nitrogens with zero attached hydrogens (tertiary/aromatic N) is 1. The van der Waals surface area contributed by atoms with Crippen molar-refractivity contribution in [1.82, 2.24) is 4.90 Å². The highest BCUT2D eigenvalue weighted by Crippen LogP contribution is 2.18. The van der Waals surface area contributed by atoms with Crippen molar-refractivity contribution >= 4 is 5.91 Å². The van der Waals surface area contributed by atoms with Gasteiger partial charge in [-0.2, -0.15) is 0 Å². The first kappa shape index (κ1) is 14.8. The van der Waals surface area contributed by atoms with Crippen molar-refractivity contribution in [2.45, 2.75) is 31.9 Å². The summed E-state index contributed by atoms with van der Waals surface area (Å²) in [7, 11) is 0. The van der Waals surface area contributed by atoms with Crippen molar-refractivity contribution in [3.05, 3.63) is 29.8 Å². The van der Waals surface area contributed by atoms with Crippen LogP contribution in [0, 0.1) is 5.92 Å². The van der Waals surface area contributed by atoms with Crippen LogP contribution in [0.25, 0.3) is 0 Å². The van der Waals surface area contributed by atoms with E-state index in [0.29, 0.717) is 25.9 Å². The number of benzene rings is 1. The number of piperidine rings is 1. The Bertz CT molecular complexity index is 461. The molecule has 1 aliphatic heterocycles. The number of rotatable bonds is 3. The molecule has 2 unspecified atom stereocenters. The SMILES string of the molecule is CC1CN(C(=O)[C@H](N)Cc2ccc(O)cc2)CCC1O. The zero-order valence-electron chi connectivity index (χ0n) is 11.7. The van der Waals surface area contributed by atoms with Crippen molar-refractivity contribution in [1.29, 1.82) is 0 Å². The van der Waals surface area contributed by atoms with Gasteiger partial charge in [0.25, 0.3) is 0 Å². The third kappa shape index (κ3) is 3.49. The molecular weight excluding hydrogens is 256 g/mol. The Kier molecular flexibility index (Phi) is 4.62. The quantitative estimate of drug-likeness (QED) is 0.751. The van der Waals surface area contributed by atoms with Crippen LogP contribution in [-0.4, -0.2) is 46.3 Å². The van der Waals surface area contributed by atoms with E-state index in [-0.39, 0.29) is 23.7 Å². The lowest BCUT2D eigenvalue weighted by Crippen LogP contribution is -2.51. The molecule has 0 bridgehead atoms. The largest absolute Gasteiger partial charge is 0.508 e. The fourth-order valence-corrected chi connectivity index (χ4v) is 2.54. The van der Waals surface area contributed by atoms with E-state index in [1.54, 1.807) is 29.2 Å². The highest BCUT2D eigenvalue weighted by atomic mass is 16.3. The standard InChI is InChI=1S/C15H22N2O3/c1-10-9-17(7-6-14(10)19)15(20)13(16)8-11-2-4-12(18)5-3-11/h2-5,10,13-14,18-19H,6-9,16H2,1H3/t10?,13-,14?/m1/s1. The number of hydrogen-bond donors (Lipinski definition) is 3. The molecule has 0 saturated carbocycles. The number of aliphatic hydroxyl groups excluding tert-OH is 1. The number of carbonyl (C=O) groups excluding carboxylic acids is 1. The smallest absolute Gasteiger partial charge is 0.239 e. The number of carbonyl (C=O) groups is 1. The van der Waals surface area contributed by atoms with Gasteiger partial charge < -0.3 is 20.8 Å². The number of hydrogen-bond acceptors (Lipinski definition) is 4. The van der Waals surface area contributed by atoms with Crippen LogP contribution in [-0.2, 0) is 11.2 Å². The molecule has 1 aromatic carbocycles. The molecule has 5 nitrogen and oxygen atoms in total. The number of amides is 1. The lowest BCUT2D eigenvalue weighted by Gasteiger charge is -2.35. The van der Waals surface area contributed by atoms with Gasteiger partial charge in [-0.15, -0.1) is 0 Å². The van der Waals surface area contributed by atoms with Crippen LogP contribution in [0.3, 0.4) is 0 Å². The van der Waals surface area contributed by atoms with Crippen LogP contribution >= 0.6 is 0 Å². The van der Waals surface area contributed by atoms with E-state index in [4.69, 9.17) is 5.73 Å². The van der Waals surface area contributed by atoms with Gasteiger partial charge in [0.05, 0.1) is 12.1 Å². The second-order valence-electron chi connectivity index (χ2n) is 5.59. The molecule has 1 aliphatic rings. The summed E-state index contributed by atoms with van der Waals surface area (Å²) in [5.41, 5.74) is 6.91. The van der Waals surface area contributed by atoms with Crippen LogP contribution in [0.4, 0.5) is 0 Å². The third-order valence-corrected chi connectivity index (χ3v) is 3.88. The molecule has 1 heterocycles. The molecule has 20 heavy (non-hydrogen) atoms. The Hall–Kier alpha value is -1.59. The highest BCUT2D eigenvalue weighted by molar-refractivity contribution is 5.82. The van der Waals surface area contributed by atoms with Gasteiger partial charge in [-0.3, -0.25) is 4.79 Å². The van der Waals surface area contributed by atoms with Gasteiger partial charge in [0.2, 0.25) is 5.91 Å². The maximum absolute atomic E-state index is 12.3. The predicted octanol–water partition coefficient (Wildman–Crippen LogP) is 0.491. The maximum atomic E-state index is 12.3. The minimum atomic E-state index is -0.581. The summed E-state index contributed by atoms with van der Waals surface area (Å²) in [6.07, 6.45) is 0.734. The Morgan fingerprint density at radius 1 is 1.45 bits per heavy atom. The molecule has 0 spiro atoms. The Labute approximate surface area is 119 Å². The van der Waals surface area contributed by atoms with E-state index in [2.05, 4.69) is 0 Å². The highest BCUT2D eigenvalue weighted by Gasteiger charge is 2.29. The fourth-order valence-electron chi connectivity index (χ4n) is 2.54. The first-order chi connectivity index (χ1) is 9.47. The summed E-state index contributed by atoms with van der Waals surface area (Å²) in [6, 6.07) is 6.13. The number of aliphatic hydroxyl groups is 1. The van der Waals surface area contributed by atoms with Crippen LogP contribution in [0.5, 0.6) is 5.75 Å². The van der Waals surface area contributed by atoms with Crippen molar-refractivity contribution in [2.75, 3.05) is 13.1 Å². The molecule has 0 aromatic heterocycles. The van der Waals surface area contributed by atoms with Crippen LogP contribution in [0.2, 0.25) is 0 Å². The lowest BCUT2D eigenvalue weighted by atomic mass is 9.95. The first-order valence-corrected chi connectivity index (χ1v) is 6.97. The van der Waals surface area contributed by atoms with Crippen molar-refractivity contribution in [3.63, 3.8) is 0 Å². The molecule has 0 aliphatic carbocycles. The van der Waals surface area contributed by atoms with E-state index >= 15 is 0 Å². The molecule has 0 radical (unpaired) electrons. The molecule has 3 atom stereocenters. The number of nitrogens with two attached hydrogens (primary N) is 1. The molecule has 1 amide bonds. The zero-order chi connectivity index (χ0) is 14.7. The van der Waals surface area contributed by atoms with Crippen molar-refractivity contribution in [3.8, 4) is 5.75 Å². The minimum absolute atomic E-state index is 0.0724. The molecule has 1 fully saturated rings. The molecular formula is C15H22N2O3. The van der Waals surface area contributed by atoms with Crippen LogP contribution in [0.15, 0.2) is 24.3 Å². The van der Waals surface area contributed by atoms with Gasteiger partial charge in [0.15, 0.2) is 0 Å². The summed E-state index contributed by atoms with van der Waals surface area (Å²) in [5.74, 6) is 0.220.